The number of aromatic nitrogens is 2. The normalized spacial score (nSPS) is 17.9. The fourth-order valence-electron chi connectivity index (χ4n) is 2.70. The van der Waals surface area contributed by atoms with Crippen LogP contribution in [0.2, 0.25) is 0 Å². The van der Waals surface area contributed by atoms with Crippen molar-refractivity contribution < 1.29 is 9.84 Å². The average Bonchev–Trinajstić information content (AvgIpc) is 3.01. The summed E-state index contributed by atoms with van der Waals surface area (Å²) in [6.45, 7) is 0.386. The Bertz CT molecular complexity index is 528. The number of nitrogens with zero attached hydrogens (tertiary/aromatic N) is 2. The number of ether oxygens (including phenoxy) is 1. The Morgan fingerprint density at radius 1 is 1.15 bits per heavy atom. The van der Waals surface area contributed by atoms with Crippen LogP contribution in [0.25, 0.3) is 5.69 Å². The molecule has 1 fully saturated rings. The number of rotatable bonds is 4. The minimum atomic E-state index is -0.638. The van der Waals surface area contributed by atoms with Crippen LogP contribution in [0.4, 0.5) is 0 Å². The van der Waals surface area contributed by atoms with Crippen molar-refractivity contribution in [3.63, 3.8) is 0 Å². The Balaban J connectivity index is 1.61. The number of benzene rings is 1. The molecule has 0 radical (unpaired) electrons. The van der Waals surface area contributed by atoms with Crippen LogP contribution in [-0.4, -0.2) is 26.9 Å². The van der Waals surface area contributed by atoms with E-state index < -0.39 is 5.60 Å². The van der Waals surface area contributed by atoms with Crippen molar-refractivity contribution in [3.05, 3.63) is 43.0 Å². The van der Waals surface area contributed by atoms with Crippen LogP contribution < -0.4 is 4.74 Å². The van der Waals surface area contributed by atoms with Crippen molar-refractivity contribution in [1.29, 1.82) is 0 Å². The van der Waals surface area contributed by atoms with Crippen molar-refractivity contribution in [3.8, 4) is 11.4 Å². The van der Waals surface area contributed by atoms with Crippen molar-refractivity contribution in [2.45, 2.75) is 37.7 Å². The second-order valence-electron chi connectivity index (χ2n) is 5.54. The van der Waals surface area contributed by atoms with E-state index in [4.69, 9.17) is 4.74 Å². The van der Waals surface area contributed by atoms with E-state index in [0.29, 0.717) is 6.61 Å². The highest BCUT2D eigenvalue weighted by Crippen LogP contribution is 2.28. The summed E-state index contributed by atoms with van der Waals surface area (Å²) in [5, 5.41) is 10.4. The van der Waals surface area contributed by atoms with Gasteiger partial charge in [0.15, 0.2) is 0 Å². The largest absolute Gasteiger partial charge is 0.491 e. The van der Waals surface area contributed by atoms with Crippen molar-refractivity contribution in [2.24, 2.45) is 0 Å². The Morgan fingerprint density at radius 3 is 2.55 bits per heavy atom. The highest BCUT2D eigenvalue weighted by molar-refractivity contribution is 5.37. The molecule has 0 aliphatic heterocycles. The van der Waals surface area contributed by atoms with Crippen molar-refractivity contribution in [2.75, 3.05) is 6.61 Å². The van der Waals surface area contributed by atoms with Gasteiger partial charge in [0.1, 0.15) is 12.4 Å². The van der Waals surface area contributed by atoms with E-state index in [2.05, 4.69) is 4.98 Å². The minimum absolute atomic E-state index is 0.386. The highest BCUT2D eigenvalue weighted by atomic mass is 16.5. The second kappa shape index (κ2) is 5.67. The molecule has 1 saturated carbocycles. The minimum Gasteiger partial charge on any atom is -0.491 e. The van der Waals surface area contributed by atoms with Gasteiger partial charge in [-0.25, -0.2) is 4.98 Å². The van der Waals surface area contributed by atoms with Crippen molar-refractivity contribution in [1.82, 2.24) is 9.55 Å². The Hall–Kier alpha value is -1.81. The van der Waals surface area contributed by atoms with Gasteiger partial charge >= 0.3 is 0 Å². The average molecular weight is 272 g/mol. The van der Waals surface area contributed by atoms with E-state index in [1.54, 1.807) is 12.5 Å². The van der Waals surface area contributed by atoms with Gasteiger partial charge in [0.25, 0.3) is 0 Å². The molecule has 0 spiro atoms. The first-order valence-electron chi connectivity index (χ1n) is 7.19. The fraction of sp³-hybridized carbons (Fsp3) is 0.438. The third kappa shape index (κ3) is 3.02. The van der Waals surface area contributed by atoms with Crippen molar-refractivity contribution >= 4 is 0 Å². The summed E-state index contributed by atoms with van der Waals surface area (Å²) in [7, 11) is 0. The molecule has 0 amide bonds. The third-order valence-electron chi connectivity index (χ3n) is 3.93. The topological polar surface area (TPSA) is 47.3 Å². The van der Waals surface area contributed by atoms with Gasteiger partial charge in [-0.3, -0.25) is 0 Å². The fourth-order valence-corrected chi connectivity index (χ4v) is 2.70. The first kappa shape index (κ1) is 13.2. The molecule has 106 valence electrons. The van der Waals surface area contributed by atoms with Crippen LogP contribution >= 0.6 is 0 Å². The standard InChI is InChI=1S/C16H20N2O2/c19-16(8-2-1-3-9-16)12-20-15-6-4-14(5-7-15)18-11-10-17-13-18/h4-7,10-11,13,19H,1-3,8-9,12H2. The SMILES string of the molecule is OC1(COc2ccc(-n3ccnc3)cc2)CCCCC1. The lowest BCUT2D eigenvalue weighted by Crippen LogP contribution is -2.37. The van der Waals surface area contributed by atoms with E-state index in [0.717, 1.165) is 37.1 Å². The predicted molar refractivity (Wildman–Crippen MR) is 77.1 cm³/mol. The zero-order valence-electron chi connectivity index (χ0n) is 11.5. The molecule has 1 aromatic heterocycles. The molecular formula is C16H20N2O2. The van der Waals surface area contributed by atoms with E-state index in [1.807, 2.05) is 35.0 Å². The molecule has 1 heterocycles. The maximum absolute atomic E-state index is 10.4. The van der Waals surface area contributed by atoms with Gasteiger partial charge in [-0.15, -0.1) is 0 Å². The van der Waals surface area contributed by atoms with Crippen LogP contribution in [0.3, 0.4) is 0 Å². The smallest absolute Gasteiger partial charge is 0.119 e. The molecule has 0 saturated heterocycles. The monoisotopic (exact) mass is 272 g/mol. The maximum Gasteiger partial charge on any atom is 0.119 e. The van der Waals surface area contributed by atoms with Crippen LogP contribution in [0.15, 0.2) is 43.0 Å². The molecule has 20 heavy (non-hydrogen) atoms. The van der Waals surface area contributed by atoms with Gasteiger partial charge in [0.2, 0.25) is 0 Å². The molecule has 1 aliphatic carbocycles. The highest BCUT2D eigenvalue weighted by Gasteiger charge is 2.29. The summed E-state index contributed by atoms with van der Waals surface area (Å²) in [5.74, 6) is 0.799. The lowest BCUT2D eigenvalue weighted by Gasteiger charge is -2.31. The van der Waals surface area contributed by atoms with E-state index in [1.165, 1.54) is 6.42 Å². The molecule has 2 aromatic rings. The van der Waals surface area contributed by atoms with E-state index in [9.17, 15) is 5.11 Å². The summed E-state index contributed by atoms with van der Waals surface area (Å²) in [6.07, 6.45) is 10.5. The van der Waals surface area contributed by atoms with Crippen LogP contribution in [0.5, 0.6) is 5.75 Å². The van der Waals surface area contributed by atoms with Gasteiger partial charge in [-0.2, -0.15) is 0 Å². The lowest BCUT2D eigenvalue weighted by atomic mass is 9.85. The summed E-state index contributed by atoms with van der Waals surface area (Å²) in [5.41, 5.74) is 0.410. The molecule has 1 aromatic carbocycles. The van der Waals surface area contributed by atoms with Gasteiger partial charge in [-0.05, 0) is 37.1 Å². The first-order chi connectivity index (χ1) is 9.75. The van der Waals surface area contributed by atoms with Crippen LogP contribution in [-0.2, 0) is 0 Å². The molecule has 1 aliphatic rings. The summed E-state index contributed by atoms with van der Waals surface area (Å²) >= 11 is 0. The molecule has 1 N–H and O–H groups in total. The summed E-state index contributed by atoms with van der Waals surface area (Å²) < 4.78 is 7.69. The predicted octanol–water partition coefficient (Wildman–Crippen LogP) is 2.95. The van der Waals surface area contributed by atoms with Gasteiger partial charge in [-0.1, -0.05) is 19.3 Å². The molecule has 0 bridgehead atoms. The van der Waals surface area contributed by atoms with Gasteiger partial charge < -0.3 is 14.4 Å². The molecule has 4 heteroatoms. The molecule has 0 unspecified atom stereocenters. The van der Waals surface area contributed by atoms with Crippen LogP contribution in [0.1, 0.15) is 32.1 Å². The molecular weight excluding hydrogens is 252 g/mol. The third-order valence-corrected chi connectivity index (χ3v) is 3.93. The van der Waals surface area contributed by atoms with E-state index >= 15 is 0 Å². The zero-order valence-corrected chi connectivity index (χ0v) is 11.5. The van der Waals surface area contributed by atoms with Gasteiger partial charge in [0, 0.05) is 18.1 Å². The van der Waals surface area contributed by atoms with Crippen LogP contribution in [0, 0.1) is 0 Å². The number of imidazole rings is 1. The number of hydrogen-bond donors (Lipinski definition) is 1. The molecule has 3 rings (SSSR count). The maximum atomic E-state index is 10.4. The summed E-state index contributed by atoms with van der Waals surface area (Å²) in [4.78, 5) is 4.03. The van der Waals surface area contributed by atoms with Gasteiger partial charge in [0.05, 0.1) is 11.9 Å². The Kier molecular flexibility index (Phi) is 3.74. The Labute approximate surface area is 119 Å². The molecule has 0 atom stereocenters. The quantitative estimate of drug-likeness (QED) is 0.931. The lowest BCUT2D eigenvalue weighted by molar-refractivity contribution is -0.0339. The zero-order chi connectivity index (χ0) is 13.8. The first-order valence-corrected chi connectivity index (χ1v) is 7.19. The number of aliphatic hydroxyl groups is 1. The number of hydrogen-bond acceptors (Lipinski definition) is 3. The molecule has 4 nitrogen and oxygen atoms in total. The summed E-state index contributed by atoms with van der Waals surface area (Å²) in [6, 6.07) is 7.84. The second-order valence-corrected chi connectivity index (χ2v) is 5.54. The Morgan fingerprint density at radius 2 is 1.90 bits per heavy atom. The van der Waals surface area contributed by atoms with E-state index in [-0.39, 0.29) is 0 Å².